The van der Waals surface area contributed by atoms with E-state index in [9.17, 15) is 13.2 Å². The molecule has 0 aromatic heterocycles. The first-order valence-corrected chi connectivity index (χ1v) is 9.17. The van der Waals surface area contributed by atoms with E-state index in [-0.39, 0.29) is 23.5 Å². The van der Waals surface area contributed by atoms with Gasteiger partial charge in [-0.25, -0.2) is 8.42 Å². The molecule has 1 aromatic carbocycles. The molecule has 0 radical (unpaired) electrons. The Labute approximate surface area is 127 Å². The van der Waals surface area contributed by atoms with Gasteiger partial charge in [0, 0.05) is 12.1 Å². The number of aryl methyl sites for hydroxylation is 3. The molecule has 0 spiro atoms. The summed E-state index contributed by atoms with van der Waals surface area (Å²) in [7, 11) is -3.02. The smallest absolute Gasteiger partial charge is 0.227 e. The van der Waals surface area contributed by atoms with Gasteiger partial charge in [0.25, 0.3) is 0 Å². The van der Waals surface area contributed by atoms with Gasteiger partial charge in [0.05, 0.1) is 17.5 Å². The fourth-order valence-corrected chi connectivity index (χ4v) is 4.91. The summed E-state index contributed by atoms with van der Waals surface area (Å²) in [6.45, 7) is 7.80. The normalized spacial score (nSPS) is 20.5. The minimum absolute atomic E-state index is 0.00727. The molecule has 1 aliphatic heterocycles. The van der Waals surface area contributed by atoms with Gasteiger partial charge in [0.1, 0.15) is 0 Å². The van der Waals surface area contributed by atoms with E-state index in [0.29, 0.717) is 12.8 Å². The van der Waals surface area contributed by atoms with E-state index < -0.39 is 9.84 Å². The SMILES string of the molecule is CCC(=O)N(c1c(C)cc(C)cc1C)C1CCS(=O)(=O)C1. The van der Waals surface area contributed by atoms with Crippen LogP contribution in [0, 0.1) is 20.8 Å². The van der Waals surface area contributed by atoms with E-state index in [2.05, 4.69) is 0 Å². The van der Waals surface area contributed by atoms with E-state index in [1.165, 1.54) is 0 Å². The Hall–Kier alpha value is -1.36. The zero-order chi connectivity index (χ0) is 15.8. The van der Waals surface area contributed by atoms with Crippen LogP contribution in [0.25, 0.3) is 0 Å². The average molecular weight is 309 g/mol. The van der Waals surface area contributed by atoms with Crippen molar-refractivity contribution < 1.29 is 13.2 Å². The van der Waals surface area contributed by atoms with Crippen LogP contribution >= 0.6 is 0 Å². The Balaban J connectivity index is 2.50. The van der Waals surface area contributed by atoms with Crippen LogP contribution in [-0.2, 0) is 14.6 Å². The molecule has 0 aliphatic carbocycles. The highest BCUT2D eigenvalue weighted by Crippen LogP contribution is 2.31. The van der Waals surface area contributed by atoms with Gasteiger partial charge in [-0.15, -0.1) is 0 Å². The van der Waals surface area contributed by atoms with E-state index in [4.69, 9.17) is 0 Å². The summed E-state index contributed by atoms with van der Waals surface area (Å²) >= 11 is 0. The molecule has 1 saturated heterocycles. The fourth-order valence-electron chi connectivity index (χ4n) is 3.21. The maximum atomic E-state index is 12.4. The monoisotopic (exact) mass is 309 g/mol. The predicted molar refractivity (Wildman–Crippen MR) is 85.5 cm³/mol. The molecule has 1 heterocycles. The molecule has 4 nitrogen and oxygen atoms in total. The Morgan fingerprint density at radius 3 is 2.24 bits per heavy atom. The lowest BCUT2D eigenvalue weighted by atomic mass is 10.0. The molecule has 1 aromatic rings. The Bertz CT molecular complexity index is 641. The van der Waals surface area contributed by atoms with Gasteiger partial charge in [0.2, 0.25) is 5.91 Å². The second-order valence-corrected chi connectivity index (χ2v) is 8.15. The molecule has 0 N–H and O–H groups in total. The number of hydrogen-bond donors (Lipinski definition) is 0. The Kier molecular flexibility index (Phi) is 4.42. The highest BCUT2D eigenvalue weighted by molar-refractivity contribution is 7.91. The van der Waals surface area contributed by atoms with Gasteiger partial charge in [-0.3, -0.25) is 4.79 Å². The summed E-state index contributed by atoms with van der Waals surface area (Å²) in [6.07, 6.45) is 0.907. The highest BCUT2D eigenvalue weighted by Gasteiger charge is 2.36. The molecule has 5 heteroatoms. The van der Waals surface area contributed by atoms with Crippen molar-refractivity contribution in [1.82, 2.24) is 0 Å². The quantitative estimate of drug-likeness (QED) is 0.862. The van der Waals surface area contributed by atoms with Gasteiger partial charge in [-0.2, -0.15) is 0 Å². The average Bonchev–Trinajstić information content (AvgIpc) is 2.72. The highest BCUT2D eigenvalue weighted by atomic mass is 32.2. The summed E-state index contributed by atoms with van der Waals surface area (Å²) in [5.41, 5.74) is 4.09. The van der Waals surface area contributed by atoms with Crippen LogP contribution in [0.4, 0.5) is 5.69 Å². The first-order chi connectivity index (χ1) is 9.75. The number of carbonyl (C=O) groups is 1. The number of hydrogen-bond acceptors (Lipinski definition) is 3. The predicted octanol–water partition coefficient (Wildman–Crippen LogP) is 2.54. The van der Waals surface area contributed by atoms with Crippen molar-refractivity contribution in [3.05, 3.63) is 28.8 Å². The summed E-state index contributed by atoms with van der Waals surface area (Å²) in [4.78, 5) is 14.2. The fraction of sp³-hybridized carbons (Fsp3) is 0.562. The van der Waals surface area contributed by atoms with Crippen LogP contribution in [0.5, 0.6) is 0 Å². The lowest BCUT2D eigenvalue weighted by Crippen LogP contribution is -2.41. The summed E-state index contributed by atoms with van der Waals surface area (Å²) in [5.74, 6) is 0.243. The Morgan fingerprint density at radius 1 is 1.24 bits per heavy atom. The third-order valence-corrected chi connectivity index (χ3v) is 5.77. The van der Waals surface area contributed by atoms with E-state index in [1.807, 2.05) is 39.8 Å². The maximum Gasteiger partial charge on any atom is 0.227 e. The number of anilines is 1. The van der Waals surface area contributed by atoms with E-state index in [0.717, 1.165) is 22.4 Å². The number of carbonyl (C=O) groups excluding carboxylic acids is 1. The van der Waals surface area contributed by atoms with Crippen molar-refractivity contribution in [3.8, 4) is 0 Å². The van der Waals surface area contributed by atoms with Crippen LogP contribution in [0.2, 0.25) is 0 Å². The first-order valence-electron chi connectivity index (χ1n) is 7.35. The zero-order valence-electron chi connectivity index (χ0n) is 13.1. The van der Waals surface area contributed by atoms with Gasteiger partial charge in [-0.05, 0) is 38.3 Å². The summed E-state index contributed by atoms with van der Waals surface area (Å²) in [5, 5.41) is 0. The lowest BCUT2D eigenvalue weighted by Gasteiger charge is -2.31. The number of rotatable bonds is 3. The van der Waals surface area contributed by atoms with Crippen molar-refractivity contribution in [1.29, 1.82) is 0 Å². The zero-order valence-corrected chi connectivity index (χ0v) is 14.0. The third kappa shape index (κ3) is 3.28. The van der Waals surface area contributed by atoms with Crippen molar-refractivity contribution >= 4 is 21.4 Å². The summed E-state index contributed by atoms with van der Waals surface area (Å²) in [6, 6.07) is 3.85. The first kappa shape index (κ1) is 16.0. The van der Waals surface area contributed by atoms with Crippen LogP contribution in [-0.4, -0.2) is 31.9 Å². The van der Waals surface area contributed by atoms with Crippen molar-refractivity contribution in [3.63, 3.8) is 0 Å². The molecule has 116 valence electrons. The topological polar surface area (TPSA) is 54.5 Å². The van der Waals surface area contributed by atoms with Gasteiger partial charge >= 0.3 is 0 Å². The minimum Gasteiger partial charge on any atom is -0.308 e. The van der Waals surface area contributed by atoms with Crippen molar-refractivity contribution in [2.24, 2.45) is 0 Å². The standard InChI is InChI=1S/C16H23NO3S/c1-5-15(18)17(14-6-7-21(19,20)10-14)16-12(3)8-11(2)9-13(16)4/h8-9,14H,5-7,10H2,1-4H3. The minimum atomic E-state index is -3.02. The molecule has 0 saturated carbocycles. The Morgan fingerprint density at radius 2 is 1.81 bits per heavy atom. The van der Waals surface area contributed by atoms with E-state index >= 15 is 0 Å². The molecule has 1 atom stereocenters. The molecule has 1 fully saturated rings. The number of amides is 1. The molecule has 1 aliphatic rings. The largest absolute Gasteiger partial charge is 0.308 e. The van der Waals surface area contributed by atoms with Crippen LogP contribution in [0.3, 0.4) is 0 Å². The van der Waals surface area contributed by atoms with Crippen LogP contribution in [0.15, 0.2) is 12.1 Å². The van der Waals surface area contributed by atoms with Gasteiger partial charge in [0.15, 0.2) is 9.84 Å². The summed E-state index contributed by atoms with van der Waals surface area (Å²) < 4.78 is 23.5. The number of sulfone groups is 1. The molecule has 1 unspecified atom stereocenters. The number of nitrogens with zero attached hydrogens (tertiary/aromatic N) is 1. The second-order valence-electron chi connectivity index (χ2n) is 5.92. The molecule has 0 bridgehead atoms. The van der Waals surface area contributed by atoms with Gasteiger partial charge in [-0.1, -0.05) is 24.6 Å². The second kappa shape index (κ2) is 5.79. The van der Waals surface area contributed by atoms with Crippen LogP contribution in [0.1, 0.15) is 36.5 Å². The van der Waals surface area contributed by atoms with Crippen molar-refractivity contribution in [2.45, 2.75) is 46.6 Å². The van der Waals surface area contributed by atoms with E-state index in [1.54, 1.807) is 4.90 Å². The van der Waals surface area contributed by atoms with Crippen LogP contribution < -0.4 is 4.90 Å². The lowest BCUT2D eigenvalue weighted by molar-refractivity contribution is -0.118. The third-order valence-electron chi connectivity index (χ3n) is 4.02. The molecule has 21 heavy (non-hydrogen) atoms. The van der Waals surface area contributed by atoms with Crippen molar-refractivity contribution in [2.75, 3.05) is 16.4 Å². The molecule has 2 rings (SSSR count). The van der Waals surface area contributed by atoms with Gasteiger partial charge < -0.3 is 4.90 Å². The molecule has 1 amide bonds. The molecular weight excluding hydrogens is 286 g/mol. The maximum absolute atomic E-state index is 12.4. The molecular formula is C16H23NO3S. The number of benzene rings is 1.